The van der Waals surface area contributed by atoms with Crippen LogP contribution in [0.25, 0.3) is 0 Å². The van der Waals surface area contributed by atoms with Crippen LogP contribution in [0.3, 0.4) is 0 Å². The Hall–Kier alpha value is -4.45. The van der Waals surface area contributed by atoms with Gasteiger partial charge in [-0.15, -0.1) is 0 Å². The largest absolute Gasteiger partial charge is 0.497 e. The molecule has 46 heavy (non-hydrogen) atoms. The Kier molecular flexibility index (Phi) is 13.1. The van der Waals surface area contributed by atoms with Gasteiger partial charge in [-0.05, 0) is 49.6 Å². The van der Waals surface area contributed by atoms with Crippen LogP contribution < -0.4 is 28.6 Å². The molecule has 0 saturated heterocycles. The van der Waals surface area contributed by atoms with Gasteiger partial charge in [0.15, 0.2) is 11.5 Å². The van der Waals surface area contributed by atoms with E-state index in [1.807, 2.05) is 45.0 Å². The number of ether oxygens (including phenoxy) is 4. The van der Waals surface area contributed by atoms with Crippen LogP contribution in [-0.2, 0) is 26.2 Å². The van der Waals surface area contributed by atoms with Crippen molar-refractivity contribution in [1.29, 1.82) is 0 Å². The summed E-state index contributed by atoms with van der Waals surface area (Å²) >= 11 is 0. The Balaban J connectivity index is 2.17. The zero-order valence-electron chi connectivity index (χ0n) is 27.7. The summed E-state index contributed by atoms with van der Waals surface area (Å²) in [6.07, 6.45) is 2.01. The van der Waals surface area contributed by atoms with Gasteiger partial charge in [-0.3, -0.25) is 13.9 Å². The Labute approximate surface area is 272 Å². The van der Waals surface area contributed by atoms with Gasteiger partial charge in [-0.1, -0.05) is 50.1 Å². The first-order valence-corrected chi connectivity index (χ1v) is 16.6. The summed E-state index contributed by atoms with van der Waals surface area (Å²) in [5.74, 6) is 0.216. The van der Waals surface area contributed by atoms with Crippen LogP contribution in [0.15, 0.2) is 65.6 Å². The minimum atomic E-state index is -4.43. The van der Waals surface area contributed by atoms with Gasteiger partial charge in [0, 0.05) is 25.2 Å². The van der Waals surface area contributed by atoms with Crippen LogP contribution in [0.4, 0.5) is 5.69 Å². The predicted molar refractivity (Wildman–Crippen MR) is 177 cm³/mol. The number of hydrogen-bond donors (Lipinski definition) is 1. The molecule has 1 atom stereocenters. The van der Waals surface area contributed by atoms with Gasteiger partial charge in [0.25, 0.3) is 10.0 Å². The van der Waals surface area contributed by atoms with E-state index in [0.29, 0.717) is 24.5 Å². The maximum absolute atomic E-state index is 14.5. The fourth-order valence-electron chi connectivity index (χ4n) is 4.93. The number of amides is 2. The molecule has 0 aliphatic rings. The Morgan fingerprint density at radius 3 is 2.07 bits per heavy atom. The molecule has 3 aromatic rings. The fraction of sp³-hybridized carbons (Fsp3) is 0.412. The van der Waals surface area contributed by atoms with Crippen LogP contribution in [-0.4, -0.2) is 72.7 Å². The SMILES string of the molecule is CCCCNC(=O)[C@@H](CC)N(Cc1ccc(C)cc1)C(=O)CN(c1cc(OC)ccc1OC)S(=O)(=O)c1ccc(OC)c(OC)c1. The molecule has 0 heterocycles. The van der Waals surface area contributed by atoms with Crippen LogP contribution in [0, 0.1) is 6.92 Å². The molecule has 0 aliphatic carbocycles. The van der Waals surface area contributed by atoms with Crippen LogP contribution in [0.1, 0.15) is 44.2 Å². The lowest BCUT2D eigenvalue weighted by Crippen LogP contribution is -2.52. The normalized spacial score (nSPS) is 11.7. The highest BCUT2D eigenvalue weighted by molar-refractivity contribution is 7.92. The molecule has 0 radical (unpaired) electrons. The average Bonchev–Trinajstić information content (AvgIpc) is 3.07. The van der Waals surface area contributed by atoms with Crippen LogP contribution in [0.2, 0.25) is 0 Å². The second-order valence-electron chi connectivity index (χ2n) is 10.6. The first-order valence-electron chi connectivity index (χ1n) is 15.1. The highest BCUT2D eigenvalue weighted by atomic mass is 32.2. The number of nitrogens with one attached hydrogen (secondary N) is 1. The first kappa shape index (κ1) is 36.0. The van der Waals surface area contributed by atoms with Crippen molar-refractivity contribution in [2.24, 2.45) is 0 Å². The first-order chi connectivity index (χ1) is 22.0. The molecule has 2 amide bonds. The quantitative estimate of drug-likeness (QED) is 0.203. The Bertz CT molecular complexity index is 1580. The number of carbonyl (C=O) groups excluding carboxylic acids is 2. The van der Waals surface area contributed by atoms with E-state index in [1.165, 1.54) is 57.6 Å². The smallest absolute Gasteiger partial charge is 0.265 e. The van der Waals surface area contributed by atoms with Crippen molar-refractivity contribution < 1.29 is 37.0 Å². The number of benzene rings is 3. The number of unbranched alkanes of at least 4 members (excludes halogenated alkanes) is 1. The zero-order chi connectivity index (χ0) is 33.9. The van der Waals surface area contributed by atoms with Crippen molar-refractivity contribution in [3.05, 3.63) is 71.8 Å². The van der Waals surface area contributed by atoms with Crippen LogP contribution >= 0.6 is 0 Å². The second-order valence-corrected chi connectivity index (χ2v) is 12.5. The highest BCUT2D eigenvalue weighted by Gasteiger charge is 2.35. The average molecular weight is 656 g/mol. The third-order valence-electron chi connectivity index (χ3n) is 7.57. The van der Waals surface area contributed by atoms with E-state index in [-0.39, 0.29) is 34.5 Å². The lowest BCUT2D eigenvalue weighted by molar-refractivity contribution is -0.140. The van der Waals surface area contributed by atoms with Gasteiger partial charge < -0.3 is 29.2 Å². The topological polar surface area (TPSA) is 124 Å². The summed E-state index contributed by atoms with van der Waals surface area (Å²) in [6.45, 7) is 5.74. The van der Waals surface area contributed by atoms with Crippen molar-refractivity contribution in [2.75, 3.05) is 45.8 Å². The van der Waals surface area contributed by atoms with Crippen molar-refractivity contribution in [3.63, 3.8) is 0 Å². The zero-order valence-corrected chi connectivity index (χ0v) is 28.5. The van der Waals surface area contributed by atoms with E-state index >= 15 is 0 Å². The molecular formula is C34H45N3O8S. The molecule has 0 spiro atoms. The van der Waals surface area contributed by atoms with Crippen molar-refractivity contribution >= 4 is 27.5 Å². The molecule has 12 heteroatoms. The number of hydrogen-bond acceptors (Lipinski definition) is 8. The number of nitrogens with zero attached hydrogens (tertiary/aromatic N) is 2. The van der Waals surface area contributed by atoms with Gasteiger partial charge in [0.2, 0.25) is 11.8 Å². The molecule has 0 aliphatic heterocycles. The number of methoxy groups -OCH3 is 4. The van der Waals surface area contributed by atoms with Crippen molar-refractivity contribution in [3.8, 4) is 23.0 Å². The third kappa shape index (κ3) is 8.63. The monoisotopic (exact) mass is 655 g/mol. The summed E-state index contributed by atoms with van der Waals surface area (Å²) in [5, 5.41) is 2.94. The van der Waals surface area contributed by atoms with E-state index in [4.69, 9.17) is 18.9 Å². The van der Waals surface area contributed by atoms with Gasteiger partial charge in [-0.25, -0.2) is 8.42 Å². The highest BCUT2D eigenvalue weighted by Crippen LogP contribution is 2.38. The van der Waals surface area contributed by atoms with E-state index in [2.05, 4.69) is 5.32 Å². The maximum atomic E-state index is 14.5. The van der Waals surface area contributed by atoms with Crippen LogP contribution in [0.5, 0.6) is 23.0 Å². The number of aryl methyl sites for hydroxylation is 1. The fourth-order valence-corrected chi connectivity index (χ4v) is 6.36. The maximum Gasteiger partial charge on any atom is 0.265 e. The molecular weight excluding hydrogens is 610 g/mol. The van der Waals surface area contributed by atoms with Gasteiger partial charge in [-0.2, -0.15) is 0 Å². The third-order valence-corrected chi connectivity index (χ3v) is 9.32. The van der Waals surface area contributed by atoms with Gasteiger partial charge in [0.05, 0.1) is 39.0 Å². The summed E-state index contributed by atoms with van der Waals surface area (Å²) < 4.78 is 51.5. The summed E-state index contributed by atoms with van der Waals surface area (Å²) in [6, 6.07) is 15.7. The summed E-state index contributed by atoms with van der Waals surface area (Å²) in [4.78, 5) is 29.1. The second kappa shape index (κ2) is 16.7. The van der Waals surface area contributed by atoms with E-state index < -0.39 is 28.5 Å². The molecule has 11 nitrogen and oxygen atoms in total. The molecule has 0 unspecified atom stereocenters. The minimum absolute atomic E-state index is 0.0840. The molecule has 1 N–H and O–H groups in total. The molecule has 250 valence electrons. The molecule has 0 fully saturated rings. The Morgan fingerprint density at radius 1 is 0.826 bits per heavy atom. The molecule has 3 aromatic carbocycles. The van der Waals surface area contributed by atoms with E-state index in [1.54, 1.807) is 12.1 Å². The summed E-state index contributed by atoms with van der Waals surface area (Å²) in [7, 11) is 1.28. The van der Waals surface area contributed by atoms with Gasteiger partial charge in [0.1, 0.15) is 24.1 Å². The lowest BCUT2D eigenvalue weighted by atomic mass is 10.1. The van der Waals surface area contributed by atoms with Crippen molar-refractivity contribution in [2.45, 2.75) is 57.5 Å². The number of sulfonamides is 1. The number of rotatable bonds is 17. The minimum Gasteiger partial charge on any atom is -0.497 e. The van der Waals surface area contributed by atoms with E-state index in [0.717, 1.165) is 28.3 Å². The molecule has 0 aromatic heterocycles. The molecule has 3 rings (SSSR count). The van der Waals surface area contributed by atoms with E-state index in [9.17, 15) is 18.0 Å². The number of carbonyl (C=O) groups is 2. The predicted octanol–water partition coefficient (Wildman–Crippen LogP) is 4.95. The standard InChI is InChI=1S/C34H45N3O8S/c1-8-10-19-35-34(39)28(9-2)36(22-25-13-11-24(3)12-14-25)33(38)23-37(29-20-26(42-4)15-17-30(29)43-5)46(40,41)27-16-18-31(44-6)32(21-27)45-7/h11-18,20-21,28H,8-10,19,22-23H2,1-7H3,(H,35,39)/t28-/m1/s1. The molecule has 0 bridgehead atoms. The summed E-state index contributed by atoms with van der Waals surface area (Å²) in [5.41, 5.74) is 1.93. The van der Waals surface area contributed by atoms with Gasteiger partial charge >= 0.3 is 0 Å². The lowest BCUT2D eigenvalue weighted by Gasteiger charge is -2.33. The van der Waals surface area contributed by atoms with Crippen molar-refractivity contribution in [1.82, 2.24) is 10.2 Å². The number of anilines is 1. The Morgan fingerprint density at radius 2 is 1.48 bits per heavy atom. The molecule has 0 saturated carbocycles.